The van der Waals surface area contributed by atoms with Crippen LogP contribution in [0.5, 0.6) is 11.5 Å². The molecule has 2 aromatic rings. The van der Waals surface area contributed by atoms with Gasteiger partial charge in [0.05, 0.1) is 5.02 Å². The Hall–Kier alpha value is -2.44. The summed E-state index contributed by atoms with van der Waals surface area (Å²) in [5, 5.41) is 0.958. The van der Waals surface area contributed by atoms with E-state index in [1.165, 1.54) is 0 Å². The molecule has 0 saturated heterocycles. The van der Waals surface area contributed by atoms with Crippen molar-refractivity contribution in [2.45, 2.75) is 13.0 Å². The highest BCUT2D eigenvalue weighted by molar-refractivity contribution is 6.32. The first-order chi connectivity index (χ1) is 12.0. The first kappa shape index (κ1) is 18.9. The normalized spacial score (nSPS) is 11.3. The van der Waals surface area contributed by atoms with Gasteiger partial charge in [-0.3, -0.25) is 20.4 Å². The van der Waals surface area contributed by atoms with Crippen LogP contribution in [-0.2, 0) is 9.59 Å². The lowest BCUT2D eigenvalue weighted by atomic mass is 10.3. The summed E-state index contributed by atoms with van der Waals surface area (Å²) >= 11 is 11.7. The van der Waals surface area contributed by atoms with Crippen molar-refractivity contribution in [1.29, 1.82) is 0 Å². The number of carbonyl (C=O) groups excluding carboxylic acids is 2. The topological polar surface area (TPSA) is 76.7 Å². The van der Waals surface area contributed by atoms with Gasteiger partial charge in [0.25, 0.3) is 11.8 Å². The van der Waals surface area contributed by atoms with Crippen LogP contribution in [0.25, 0.3) is 0 Å². The largest absolute Gasteiger partial charge is 0.482 e. The van der Waals surface area contributed by atoms with E-state index in [0.29, 0.717) is 21.5 Å². The molecule has 6 nitrogen and oxygen atoms in total. The van der Waals surface area contributed by atoms with E-state index in [9.17, 15) is 9.59 Å². The molecule has 25 heavy (non-hydrogen) atoms. The van der Waals surface area contributed by atoms with E-state index in [1.807, 2.05) is 0 Å². The molecule has 0 fully saturated rings. The zero-order valence-electron chi connectivity index (χ0n) is 13.3. The maximum absolute atomic E-state index is 11.9. The highest BCUT2D eigenvalue weighted by Gasteiger charge is 2.15. The van der Waals surface area contributed by atoms with Crippen molar-refractivity contribution in [2.75, 3.05) is 6.61 Å². The van der Waals surface area contributed by atoms with Crippen molar-refractivity contribution in [1.82, 2.24) is 10.9 Å². The summed E-state index contributed by atoms with van der Waals surface area (Å²) in [6.45, 7) is 1.26. The molecule has 0 saturated carbocycles. The lowest BCUT2D eigenvalue weighted by Gasteiger charge is -2.15. The summed E-state index contributed by atoms with van der Waals surface area (Å²) in [4.78, 5) is 23.6. The van der Waals surface area contributed by atoms with Gasteiger partial charge in [0.2, 0.25) is 0 Å². The second kappa shape index (κ2) is 9.15. The fourth-order valence-electron chi connectivity index (χ4n) is 1.74. The van der Waals surface area contributed by atoms with E-state index < -0.39 is 17.9 Å². The first-order valence-corrected chi connectivity index (χ1v) is 8.09. The molecule has 1 unspecified atom stereocenters. The SMILES string of the molecule is CC(Oc1ccc(Cl)cc1)C(=O)NNC(=O)COc1ccccc1Cl. The molecule has 0 radical (unpaired) electrons. The number of halogens is 2. The molecule has 132 valence electrons. The van der Waals surface area contributed by atoms with Gasteiger partial charge in [-0.05, 0) is 43.3 Å². The predicted molar refractivity (Wildman–Crippen MR) is 94.8 cm³/mol. The number of benzene rings is 2. The third kappa shape index (κ3) is 6.17. The Kier molecular flexibility index (Phi) is 6.91. The molecular formula is C17H16Cl2N2O4. The molecule has 0 aliphatic rings. The van der Waals surface area contributed by atoms with E-state index in [2.05, 4.69) is 10.9 Å². The van der Waals surface area contributed by atoms with Crippen LogP contribution < -0.4 is 20.3 Å². The van der Waals surface area contributed by atoms with Crippen molar-refractivity contribution in [3.8, 4) is 11.5 Å². The predicted octanol–water partition coefficient (Wildman–Crippen LogP) is 2.99. The molecule has 0 spiro atoms. The number of hydrazine groups is 1. The summed E-state index contributed by atoms with van der Waals surface area (Å²) < 4.78 is 10.7. The molecule has 2 N–H and O–H groups in total. The summed E-state index contributed by atoms with van der Waals surface area (Å²) in [6, 6.07) is 13.3. The Morgan fingerprint density at radius 3 is 2.40 bits per heavy atom. The van der Waals surface area contributed by atoms with E-state index in [0.717, 1.165) is 0 Å². The molecule has 8 heteroatoms. The monoisotopic (exact) mass is 382 g/mol. The van der Waals surface area contributed by atoms with Gasteiger partial charge in [-0.25, -0.2) is 0 Å². The number of rotatable bonds is 6. The molecule has 1 atom stereocenters. The Balaban J connectivity index is 1.74. The minimum Gasteiger partial charge on any atom is -0.482 e. The van der Waals surface area contributed by atoms with Crippen LogP contribution in [0.3, 0.4) is 0 Å². The van der Waals surface area contributed by atoms with Gasteiger partial charge in [0.1, 0.15) is 11.5 Å². The fourth-order valence-corrected chi connectivity index (χ4v) is 2.06. The molecule has 0 bridgehead atoms. The quantitative estimate of drug-likeness (QED) is 0.752. The van der Waals surface area contributed by atoms with E-state index in [4.69, 9.17) is 32.7 Å². The summed E-state index contributed by atoms with van der Waals surface area (Å²) in [6.07, 6.45) is -0.814. The molecule has 0 aliphatic heterocycles. The highest BCUT2D eigenvalue weighted by Crippen LogP contribution is 2.22. The maximum atomic E-state index is 11.9. The third-order valence-corrected chi connectivity index (χ3v) is 3.58. The van der Waals surface area contributed by atoms with Crippen LogP contribution in [0, 0.1) is 0 Å². The fraction of sp³-hybridized carbons (Fsp3) is 0.176. The summed E-state index contributed by atoms with van der Waals surface area (Å²) in [5.74, 6) is -0.182. The number of nitrogens with one attached hydrogen (secondary N) is 2. The Morgan fingerprint density at radius 2 is 1.72 bits per heavy atom. The zero-order chi connectivity index (χ0) is 18.2. The van der Waals surface area contributed by atoms with Crippen LogP contribution in [-0.4, -0.2) is 24.5 Å². The molecule has 2 aromatic carbocycles. The second-order valence-corrected chi connectivity index (χ2v) is 5.81. The minimum atomic E-state index is -0.814. The van der Waals surface area contributed by atoms with E-state index in [1.54, 1.807) is 55.5 Å². The average molecular weight is 383 g/mol. The Labute approximate surface area is 155 Å². The van der Waals surface area contributed by atoms with Crippen molar-refractivity contribution < 1.29 is 19.1 Å². The van der Waals surface area contributed by atoms with Gasteiger partial charge in [-0.15, -0.1) is 0 Å². The van der Waals surface area contributed by atoms with Gasteiger partial charge in [-0.1, -0.05) is 35.3 Å². The van der Waals surface area contributed by atoms with E-state index in [-0.39, 0.29) is 6.61 Å². The lowest BCUT2D eigenvalue weighted by Crippen LogP contribution is -2.48. The van der Waals surface area contributed by atoms with Gasteiger partial charge in [0.15, 0.2) is 12.7 Å². The number of amides is 2. The molecule has 2 amide bonds. The second-order valence-electron chi connectivity index (χ2n) is 4.97. The maximum Gasteiger partial charge on any atom is 0.279 e. The lowest BCUT2D eigenvalue weighted by molar-refractivity contribution is -0.133. The van der Waals surface area contributed by atoms with Crippen molar-refractivity contribution in [3.63, 3.8) is 0 Å². The molecular weight excluding hydrogens is 367 g/mol. The number of ether oxygens (including phenoxy) is 2. The van der Waals surface area contributed by atoms with Crippen LogP contribution in [0.2, 0.25) is 10.0 Å². The number of para-hydroxylation sites is 1. The number of carbonyl (C=O) groups is 2. The third-order valence-electron chi connectivity index (χ3n) is 3.02. The Morgan fingerprint density at radius 1 is 1.04 bits per heavy atom. The van der Waals surface area contributed by atoms with Crippen LogP contribution >= 0.6 is 23.2 Å². The van der Waals surface area contributed by atoms with Crippen molar-refractivity contribution in [3.05, 3.63) is 58.6 Å². The first-order valence-electron chi connectivity index (χ1n) is 7.34. The van der Waals surface area contributed by atoms with Gasteiger partial charge >= 0.3 is 0 Å². The van der Waals surface area contributed by atoms with E-state index >= 15 is 0 Å². The molecule has 0 aliphatic carbocycles. The summed E-state index contributed by atoms with van der Waals surface area (Å²) in [5.41, 5.74) is 4.50. The summed E-state index contributed by atoms with van der Waals surface area (Å²) in [7, 11) is 0. The van der Waals surface area contributed by atoms with Crippen molar-refractivity contribution >= 4 is 35.0 Å². The van der Waals surface area contributed by atoms with Crippen LogP contribution in [0.15, 0.2) is 48.5 Å². The van der Waals surface area contributed by atoms with Gasteiger partial charge in [0, 0.05) is 5.02 Å². The van der Waals surface area contributed by atoms with Crippen LogP contribution in [0.1, 0.15) is 6.92 Å². The highest BCUT2D eigenvalue weighted by atomic mass is 35.5. The smallest absolute Gasteiger partial charge is 0.279 e. The average Bonchev–Trinajstić information content (AvgIpc) is 2.60. The number of hydrogen-bond donors (Lipinski definition) is 2. The standard InChI is InChI=1S/C17H16Cl2N2O4/c1-11(25-13-8-6-12(18)7-9-13)17(23)21-20-16(22)10-24-15-5-3-2-4-14(15)19/h2-9,11H,10H2,1H3,(H,20,22)(H,21,23). The Bertz CT molecular complexity index is 738. The van der Waals surface area contributed by atoms with Gasteiger partial charge in [-0.2, -0.15) is 0 Å². The molecule has 2 rings (SSSR count). The molecule has 0 heterocycles. The van der Waals surface area contributed by atoms with Gasteiger partial charge < -0.3 is 9.47 Å². The minimum absolute atomic E-state index is 0.295. The molecule has 0 aromatic heterocycles. The van der Waals surface area contributed by atoms with Crippen LogP contribution in [0.4, 0.5) is 0 Å². The van der Waals surface area contributed by atoms with Crippen molar-refractivity contribution in [2.24, 2.45) is 0 Å². The number of hydrogen-bond acceptors (Lipinski definition) is 4. The zero-order valence-corrected chi connectivity index (χ0v) is 14.8.